The van der Waals surface area contributed by atoms with E-state index in [1.165, 1.54) is 51.2 Å². The van der Waals surface area contributed by atoms with E-state index in [1.807, 2.05) is 13.8 Å². The quantitative estimate of drug-likeness (QED) is 0.818. The molecule has 0 aromatic heterocycles. The van der Waals surface area contributed by atoms with Crippen molar-refractivity contribution in [3.63, 3.8) is 0 Å². The lowest BCUT2D eigenvalue weighted by Gasteiger charge is -2.11. The molecule has 2 rings (SSSR count). The maximum atomic E-state index is 11.9. The van der Waals surface area contributed by atoms with Crippen LogP contribution in [0.15, 0.2) is 18.2 Å². The van der Waals surface area contributed by atoms with E-state index in [0.717, 1.165) is 0 Å². The van der Waals surface area contributed by atoms with Crippen LogP contribution in [0.5, 0.6) is 11.5 Å². The fourth-order valence-corrected chi connectivity index (χ4v) is 1.74. The zero-order valence-electron chi connectivity index (χ0n) is 14.5. The number of rotatable bonds is 3. The molecule has 0 amide bonds. The van der Waals surface area contributed by atoms with Crippen LogP contribution < -0.4 is 20.5 Å². The summed E-state index contributed by atoms with van der Waals surface area (Å²) in [6.45, 7) is 6.58. The second-order valence-electron chi connectivity index (χ2n) is 4.18. The van der Waals surface area contributed by atoms with Crippen molar-refractivity contribution < 1.29 is 22.6 Å². The molecule has 0 radical (unpaired) electrons. The van der Waals surface area contributed by atoms with E-state index in [2.05, 4.69) is 22.9 Å². The molecule has 0 saturated carbocycles. The highest BCUT2D eigenvalue weighted by atomic mass is 19.4. The summed E-state index contributed by atoms with van der Waals surface area (Å²) < 4.78 is 44.3. The van der Waals surface area contributed by atoms with Crippen LogP contribution >= 0.6 is 0 Å². The average Bonchev–Trinajstić information content (AvgIpc) is 3.17. The van der Waals surface area contributed by atoms with Crippen LogP contribution in [0.4, 0.5) is 13.2 Å². The first kappa shape index (κ1) is 24.3. The van der Waals surface area contributed by atoms with Crippen LogP contribution in [0.1, 0.15) is 32.3 Å². The van der Waals surface area contributed by atoms with E-state index in [9.17, 15) is 13.2 Å². The van der Waals surface area contributed by atoms with Gasteiger partial charge in [-0.05, 0) is 44.1 Å². The summed E-state index contributed by atoms with van der Waals surface area (Å²) in [4.78, 5) is 0. The minimum absolute atomic E-state index is 0.0816. The van der Waals surface area contributed by atoms with Crippen molar-refractivity contribution in [1.82, 2.24) is 5.32 Å². The first-order valence-corrected chi connectivity index (χ1v) is 7.63. The molecule has 1 saturated heterocycles. The summed E-state index contributed by atoms with van der Waals surface area (Å²) in [6, 6.07) is 3.75. The van der Waals surface area contributed by atoms with Gasteiger partial charge in [-0.1, -0.05) is 13.8 Å². The Morgan fingerprint density at radius 2 is 1.71 bits per heavy atom. The molecule has 7 heteroatoms. The molecule has 3 N–H and O–H groups in total. The van der Waals surface area contributed by atoms with E-state index < -0.39 is 6.36 Å². The largest absolute Gasteiger partial charge is 0.573 e. The normalized spacial score (nSPS) is 12.4. The highest BCUT2D eigenvalue weighted by molar-refractivity contribution is 5.40. The van der Waals surface area contributed by atoms with Gasteiger partial charge in [0.15, 0.2) is 0 Å². The number of benzene rings is 1. The van der Waals surface area contributed by atoms with Crippen molar-refractivity contribution in [2.45, 2.75) is 39.6 Å². The summed E-state index contributed by atoms with van der Waals surface area (Å²) in [5.74, 6) is 0.135. The van der Waals surface area contributed by atoms with E-state index in [4.69, 9.17) is 10.5 Å². The topological polar surface area (TPSA) is 56.5 Å². The number of halogens is 3. The van der Waals surface area contributed by atoms with Gasteiger partial charge in [0.1, 0.15) is 11.5 Å². The van der Waals surface area contributed by atoms with E-state index in [0.29, 0.717) is 11.3 Å². The predicted octanol–water partition coefficient (Wildman–Crippen LogP) is 3.70. The van der Waals surface area contributed by atoms with Crippen LogP contribution in [-0.4, -0.2) is 26.6 Å². The van der Waals surface area contributed by atoms with Gasteiger partial charge in [0.2, 0.25) is 0 Å². The Labute approximate surface area is 142 Å². The SMILES string of the molecule is C#C.C1CCNC1.CC.COc1ccc(OC(F)(F)F)cc1CN. The van der Waals surface area contributed by atoms with Crippen LogP contribution in [0.25, 0.3) is 0 Å². The molecule has 0 unspecified atom stereocenters. The monoisotopic (exact) mass is 348 g/mol. The third-order valence-corrected chi connectivity index (χ3v) is 2.66. The van der Waals surface area contributed by atoms with Crippen molar-refractivity contribution >= 4 is 0 Å². The molecule has 0 atom stereocenters. The Hall–Kier alpha value is -1.91. The first-order valence-electron chi connectivity index (χ1n) is 7.63. The van der Waals surface area contributed by atoms with Gasteiger partial charge in [0.25, 0.3) is 0 Å². The Morgan fingerprint density at radius 3 is 2.04 bits per heavy atom. The van der Waals surface area contributed by atoms with Gasteiger partial charge in [-0.3, -0.25) is 0 Å². The molecule has 138 valence electrons. The number of nitrogens with one attached hydrogen (secondary N) is 1. The van der Waals surface area contributed by atoms with Gasteiger partial charge in [-0.15, -0.1) is 26.0 Å². The zero-order chi connectivity index (χ0) is 19.0. The van der Waals surface area contributed by atoms with Gasteiger partial charge in [0.05, 0.1) is 7.11 Å². The van der Waals surface area contributed by atoms with Gasteiger partial charge < -0.3 is 20.5 Å². The third kappa shape index (κ3) is 11.6. The molecule has 1 fully saturated rings. The summed E-state index contributed by atoms with van der Waals surface area (Å²) >= 11 is 0. The highest BCUT2D eigenvalue weighted by Gasteiger charge is 2.31. The van der Waals surface area contributed by atoms with Gasteiger partial charge in [-0.2, -0.15) is 0 Å². The fourth-order valence-electron chi connectivity index (χ4n) is 1.74. The molecule has 0 spiro atoms. The maximum Gasteiger partial charge on any atom is 0.573 e. The molecule has 1 aliphatic heterocycles. The van der Waals surface area contributed by atoms with E-state index >= 15 is 0 Å². The van der Waals surface area contributed by atoms with Crippen LogP contribution in [0.2, 0.25) is 0 Å². The molecule has 24 heavy (non-hydrogen) atoms. The summed E-state index contributed by atoms with van der Waals surface area (Å²) in [5, 5.41) is 3.22. The second kappa shape index (κ2) is 14.7. The van der Waals surface area contributed by atoms with Crippen molar-refractivity contribution in [3.05, 3.63) is 23.8 Å². The minimum Gasteiger partial charge on any atom is -0.496 e. The van der Waals surface area contributed by atoms with E-state index in [1.54, 1.807) is 0 Å². The van der Waals surface area contributed by atoms with Crippen LogP contribution in [0.3, 0.4) is 0 Å². The molecule has 0 bridgehead atoms. The molecular formula is C17H27F3N2O2. The number of alkyl halides is 3. The molecule has 4 nitrogen and oxygen atoms in total. The molecule has 0 aliphatic carbocycles. The van der Waals surface area contributed by atoms with Crippen molar-refractivity contribution in [2.75, 3.05) is 20.2 Å². The second-order valence-corrected chi connectivity index (χ2v) is 4.18. The number of nitrogens with two attached hydrogens (primary N) is 1. The fraction of sp³-hybridized carbons (Fsp3) is 0.529. The number of terminal acetylenes is 1. The smallest absolute Gasteiger partial charge is 0.496 e. The van der Waals surface area contributed by atoms with Gasteiger partial charge in [-0.25, -0.2) is 0 Å². The molecule has 1 heterocycles. The van der Waals surface area contributed by atoms with Crippen molar-refractivity contribution in [2.24, 2.45) is 5.73 Å². The molecule has 1 aliphatic rings. The summed E-state index contributed by atoms with van der Waals surface area (Å²) in [7, 11) is 1.42. The van der Waals surface area contributed by atoms with Crippen LogP contribution in [0, 0.1) is 12.8 Å². The van der Waals surface area contributed by atoms with Crippen molar-refractivity contribution in [3.8, 4) is 24.3 Å². The van der Waals surface area contributed by atoms with E-state index in [-0.39, 0.29) is 12.3 Å². The number of methoxy groups -OCH3 is 1. The van der Waals surface area contributed by atoms with Crippen molar-refractivity contribution in [1.29, 1.82) is 0 Å². The lowest BCUT2D eigenvalue weighted by Crippen LogP contribution is -2.17. The number of ether oxygens (including phenoxy) is 2. The maximum absolute atomic E-state index is 11.9. The first-order chi connectivity index (χ1) is 11.5. The zero-order valence-corrected chi connectivity index (χ0v) is 14.5. The van der Waals surface area contributed by atoms with Gasteiger partial charge in [0, 0.05) is 12.1 Å². The Bertz CT molecular complexity index is 438. The third-order valence-electron chi connectivity index (χ3n) is 2.66. The standard InChI is InChI=1S/C9H10F3NO2.C4H9N.C2H6.C2H2/c1-14-8-3-2-7(4-6(8)5-13)15-9(10,11)12;1-2-4-5-3-1;2*1-2/h2-4H,5,13H2,1H3;5H,1-4H2;1-2H3;1-2H. The minimum atomic E-state index is -4.69. The lowest BCUT2D eigenvalue weighted by molar-refractivity contribution is -0.274. The van der Waals surface area contributed by atoms with Crippen LogP contribution in [-0.2, 0) is 6.54 Å². The molecular weight excluding hydrogens is 321 g/mol. The average molecular weight is 348 g/mol. The Balaban J connectivity index is 0. The number of hydrogen-bond acceptors (Lipinski definition) is 4. The lowest BCUT2D eigenvalue weighted by atomic mass is 10.2. The Morgan fingerprint density at radius 1 is 1.17 bits per heavy atom. The molecule has 1 aromatic carbocycles. The predicted molar refractivity (Wildman–Crippen MR) is 90.9 cm³/mol. The van der Waals surface area contributed by atoms with Gasteiger partial charge >= 0.3 is 6.36 Å². The highest BCUT2D eigenvalue weighted by Crippen LogP contribution is 2.27. The molecule has 1 aromatic rings. The summed E-state index contributed by atoms with van der Waals surface area (Å²) in [6.07, 6.45) is 6.08. The summed E-state index contributed by atoms with van der Waals surface area (Å²) in [5.41, 5.74) is 5.80. The number of hydrogen-bond donors (Lipinski definition) is 2. The Kier molecular flexibility index (Phi) is 14.9.